The maximum absolute atomic E-state index is 13.1. The number of carboxylic acids is 1. The first kappa shape index (κ1) is 17.6. The second-order valence-corrected chi connectivity index (χ2v) is 6.44. The van der Waals surface area contributed by atoms with E-state index in [1.165, 1.54) is 0 Å². The molecule has 134 valence electrons. The molecule has 0 radical (unpaired) electrons. The van der Waals surface area contributed by atoms with Crippen molar-refractivity contribution in [3.05, 3.63) is 34.5 Å². The van der Waals surface area contributed by atoms with Crippen LogP contribution in [0.25, 0.3) is 11.0 Å². The molecule has 9 heteroatoms. The fraction of sp³-hybridized carbons (Fsp3) is 0.375. The third kappa shape index (κ3) is 3.06. The Morgan fingerprint density at radius 3 is 2.56 bits per heavy atom. The molecule has 25 heavy (non-hydrogen) atoms. The predicted octanol–water partition coefficient (Wildman–Crippen LogP) is 3.73. The summed E-state index contributed by atoms with van der Waals surface area (Å²) in [5.41, 5.74) is 0.830. The van der Waals surface area contributed by atoms with Gasteiger partial charge in [0.15, 0.2) is 5.76 Å². The molecule has 5 nitrogen and oxygen atoms in total. The molecule has 1 aromatic heterocycles. The molecule has 1 amide bonds. The van der Waals surface area contributed by atoms with Crippen molar-refractivity contribution < 1.29 is 32.3 Å². The van der Waals surface area contributed by atoms with Crippen LogP contribution in [0, 0.1) is 18.8 Å². The van der Waals surface area contributed by atoms with Crippen LogP contribution in [0.3, 0.4) is 0 Å². The number of carboxylic acid groups (broad SMARTS) is 1. The van der Waals surface area contributed by atoms with Crippen molar-refractivity contribution in [2.75, 3.05) is 13.1 Å². The number of hydrogen-bond acceptors (Lipinski definition) is 3. The van der Waals surface area contributed by atoms with Crippen LogP contribution < -0.4 is 0 Å². The third-order valence-corrected chi connectivity index (χ3v) is 4.67. The number of rotatable bonds is 2. The van der Waals surface area contributed by atoms with Crippen LogP contribution in [-0.4, -0.2) is 41.1 Å². The molecule has 1 aliphatic rings. The number of fused-ring (bicyclic) bond motifs is 1. The molecule has 2 atom stereocenters. The van der Waals surface area contributed by atoms with Crippen molar-refractivity contribution in [1.29, 1.82) is 0 Å². The zero-order chi connectivity index (χ0) is 18.5. The second-order valence-electron chi connectivity index (χ2n) is 6.00. The molecule has 3 rings (SSSR count). The largest absolute Gasteiger partial charge is 0.481 e. The van der Waals surface area contributed by atoms with Gasteiger partial charge in [-0.3, -0.25) is 9.59 Å². The molecule has 1 aromatic carbocycles. The van der Waals surface area contributed by atoms with E-state index in [0.717, 1.165) is 4.90 Å². The lowest BCUT2D eigenvalue weighted by Crippen LogP contribution is -2.34. The van der Waals surface area contributed by atoms with Crippen molar-refractivity contribution in [2.24, 2.45) is 11.8 Å². The maximum Gasteiger partial charge on any atom is 0.394 e. The monoisotopic (exact) mass is 375 g/mol. The van der Waals surface area contributed by atoms with Gasteiger partial charge in [0.25, 0.3) is 5.91 Å². The molecule has 0 saturated carbocycles. The standard InChI is InChI=1S/C16H13ClF3NO4/c1-7-9-4-8(17)2-3-12(9)25-13(7)14(22)21-5-10(15(23)24)11(6-21)16(18,19)20/h2-4,10-11H,5-6H2,1H3,(H,23,24)/t10-,11-/m1/s1. The lowest BCUT2D eigenvalue weighted by Gasteiger charge is -2.18. The minimum absolute atomic E-state index is 0.107. The summed E-state index contributed by atoms with van der Waals surface area (Å²) in [6, 6.07) is 4.72. The highest BCUT2D eigenvalue weighted by atomic mass is 35.5. The Morgan fingerprint density at radius 2 is 2.00 bits per heavy atom. The molecular formula is C16H13ClF3NO4. The maximum atomic E-state index is 13.1. The highest BCUT2D eigenvalue weighted by Gasteiger charge is 2.53. The van der Waals surface area contributed by atoms with Crippen molar-refractivity contribution >= 4 is 34.4 Å². The molecule has 1 N–H and O–H groups in total. The number of benzene rings is 1. The molecule has 1 aliphatic heterocycles. The second kappa shape index (κ2) is 5.94. The van der Waals surface area contributed by atoms with Crippen LogP contribution in [0.5, 0.6) is 0 Å². The molecule has 0 aliphatic carbocycles. The third-order valence-electron chi connectivity index (χ3n) is 4.44. The van der Waals surface area contributed by atoms with Gasteiger partial charge in [-0.2, -0.15) is 13.2 Å². The summed E-state index contributed by atoms with van der Waals surface area (Å²) in [5, 5.41) is 10.1. The lowest BCUT2D eigenvalue weighted by molar-refractivity contribution is -0.187. The number of carbonyl (C=O) groups excluding carboxylic acids is 1. The van der Waals surface area contributed by atoms with E-state index in [1.54, 1.807) is 25.1 Å². The molecule has 2 aromatic rings. The normalized spacial score (nSPS) is 21.1. The summed E-state index contributed by atoms with van der Waals surface area (Å²) >= 11 is 5.90. The van der Waals surface area contributed by atoms with Gasteiger partial charge < -0.3 is 14.4 Å². The first-order valence-corrected chi connectivity index (χ1v) is 7.75. The van der Waals surface area contributed by atoms with E-state index < -0.39 is 43.0 Å². The molecule has 0 bridgehead atoms. The van der Waals surface area contributed by atoms with Crippen LogP contribution in [0.2, 0.25) is 5.02 Å². The molecular weight excluding hydrogens is 363 g/mol. The Bertz CT molecular complexity index is 861. The zero-order valence-electron chi connectivity index (χ0n) is 12.9. The van der Waals surface area contributed by atoms with Gasteiger partial charge in [-0.25, -0.2) is 0 Å². The highest BCUT2D eigenvalue weighted by molar-refractivity contribution is 6.31. The predicted molar refractivity (Wildman–Crippen MR) is 82.5 cm³/mol. The van der Waals surface area contributed by atoms with Crippen molar-refractivity contribution in [3.8, 4) is 0 Å². The summed E-state index contributed by atoms with van der Waals surface area (Å²) in [5.74, 6) is -6.24. The van der Waals surface area contributed by atoms with Crippen molar-refractivity contribution in [1.82, 2.24) is 4.90 Å². The molecule has 1 saturated heterocycles. The zero-order valence-corrected chi connectivity index (χ0v) is 13.7. The minimum atomic E-state index is -4.70. The highest BCUT2D eigenvalue weighted by Crippen LogP contribution is 2.39. The minimum Gasteiger partial charge on any atom is -0.481 e. The summed E-state index contributed by atoms with van der Waals surface area (Å²) in [6.07, 6.45) is -4.70. The van der Waals surface area contributed by atoms with Crippen molar-refractivity contribution in [3.63, 3.8) is 0 Å². The SMILES string of the molecule is Cc1c(C(=O)N2C[C@@H](C(F)(F)F)[C@H](C(=O)O)C2)oc2ccc(Cl)cc12. The van der Waals surface area contributed by atoms with Gasteiger partial charge >= 0.3 is 12.1 Å². The summed E-state index contributed by atoms with van der Waals surface area (Å²) in [6.45, 7) is 0.369. The first-order valence-electron chi connectivity index (χ1n) is 7.37. The average molecular weight is 376 g/mol. The first-order chi connectivity index (χ1) is 11.6. The number of alkyl halides is 3. The quantitative estimate of drug-likeness (QED) is 0.868. The van der Waals surface area contributed by atoms with E-state index in [-0.39, 0.29) is 5.76 Å². The number of likely N-dealkylation sites (tertiary alicyclic amines) is 1. The van der Waals surface area contributed by atoms with Gasteiger partial charge in [0, 0.05) is 29.1 Å². The van der Waals surface area contributed by atoms with Gasteiger partial charge in [0.1, 0.15) is 5.58 Å². The smallest absolute Gasteiger partial charge is 0.394 e. The lowest BCUT2D eigenvalue weighted by atomic mass is 9.96. The van der Waals surface area contributed by atoms with Crippen LogP contribution in [0.4, 0.5) is 13.2 Å². The Labute approximate surface area is 144 Å². The summed E-state index contributed by atoms with van der Waals surface area (Å²) < 4.78 is 44.7. The Kier molecular flexibility index (Phi) is 4.18. The summed E-state index contributed by atoms with van der Waals surface area (Å²) in [7, 11) is 0. The molecule has 0 unspecified atom stereocenters. The molecule has 2 heterocycles. The van der Waals surface area contributed by atoms with E-state index in [9.17, 15) is 22.8 Å². The van der Waals surface area contributed by atoms with Crippen LogP contribution in [-0.2, 0) is 4.79 Å². The van der Waals surface area contributed by atoms with Gasteiger partial charge in [-0.05, 0) is 25.1 Å². The number of hydrogen-bond donors (Lipinski definition) is 1. The average Bonchev–Trinajstić information content (AvgIpc) is 3.09. The fourth-order valence-corrected chi connectivity index (χ4v) is 3.26. The van der Waals surface area contributed by atoms with E-state index >= 15 is 0 Å². The fourth-order valence-electron chi connectivity index (χ4n) is 3.09. The van der Waals surface area contributed by atoms with E-state index in [1.807, 2.05) is 0 Å². The van der Waals surface area contributed by atoms with Gasteiger partial charge in [-0.15, -0.1) is 0 Å². The number of aryl methyl sites for hydroxylation is 1. The van der Waals surface area contributed by atoms with E-state index in [4.69, 9.17) is 21.1 Å². The van der Waals surface area contributed by atoms with Crippen LogP contribution >= 0.6 is 11.6 Å². The van der Waals surface area contributed by atoms with E-state index in [2.05, 4.69) is 0 Å². The molecule has 0 spiro atoms. The van der Waals surface area contributed by atoms with Crippen LogP contribution in [0.1, 0.15) is 16.1 Å². The number of amides is 1. The number of nitrogens with zero attached hydrogens (tertiary/aromatic N) is 1. The molecule has 1 fully saturated rings. The number of carbonyl (C=O) groups is 2. The van der Waals surface area contributed by atoms with Crippen LogP contribution in [0.15, 0.2) is 22.6 Å². The van der Waals surface area contributed by atoms with Gasteiger partial charge in [0.05, 0.1) is 11.8 Å². The number of furan rings is 1. The summed E-state index contributed by atoms with van der Waals surface area (Å²) in [4.78, 5) is 24.6. The van der Waals surface area contributed by atoms with Gasteiger partial charge in [0.2, 0.25) is 0 Å². The number of halogens is 4. The van der Waals surface area contributed by atoms with Gasteiger partial charge in [-0.1, -0.05) is 11.6 Å². The topological polar surface area (TPSA) is 70.8 Å². The van der Waals surface area contributed by atoms with Crippen molar-refractivity contribution in [2.45, 2.75) is 13.1 Å². The van der Waals surface area contributed by atoms with E-state index in [0.29, 0.717) is 21.6 Å². The Hall–Kier alpha value is -2.22. The number of aliphatic carboxylic acids is 1. The Morgan fingerprint density at radius 1 is 1.32 bits per heavy atom. The Balaban J connectivity index is 1.94.